The molecular weight excluding hydrogens is 278 g/mol. The molecule has 0 bridgehead atoms. The van der Waals surface area contributed by atoms with Gasteiger partial charge in [0.2, 0.25) is 0 Å². The van der Waals surface area contributed by atoms with Crippen molar-refractivity contribution in [3.8, 4) is 17.2 Å². The van der Waals surface area contributed by atoms with E-state index in [1.807, 2.05) is 37.3 Å². The maximum absolute atomic E-state index is 5.61. The van der Waals surface area contributed by atoms with E-state index in [-0.39, 0.29) is 6.04 Å². The minimum Gasteiger partial charge on any atom is -0.494 e. The third-order valence-electron chi connectivity index (χ3n) is 3.62. The molecule has 1 N–H and O–H groups in total. The van der Waals surface area contributed by atoms with Gasteiger partial charge >= 0.3 is 0 Å². The number of fused-ring (bicyclic) bond motifs is 1. The molecule has 1 atom stereocenters. The van der Waals surface area contributed by atoms with Crippen LogP contribution in [-0.2, 0) is 0 Å². The Hall–Kier alpha value is -2.36. The van der Waals surface area contributed by atoms with E-state index in [2.05, 4.69) is 24.4 Å². The largest absolute Gasteiger partial charge is 0.494 e. The first kappa shape index (κ1) is 14.6. The van der Waals surface area contributed by atoms with Crippen molar-refractivity contribution in [2.24, 2.45) is 0 Å². The molecule has 0 saturated heterocycles. The van der Waals surface area contributed by atoms with Crippen LogP contribution in [0.1, 0.15) is 25.5 Å². The maximum atomic E-state index is 5.61. The summed E-state index contributed by atoms with van der Waals surface area (Å²) in [4.78, 5) is 0. The molecule has 0 aromatic heterocycles. The molecule has 1 aliphatic rings. The van der Waals surface area contributed by atoms with Crippen LogP contribution in [0.2, 0.25) is 0 Å². The van der Waals surface area contributed by atoms with E-state index in [1.165, 1.54) is 5.56 Å². The first-order valence-corrected chi connectivity index (χ1v) is 7.65. The summed E-state index contributed by atoms with van der Waals surface area (Å²) in [5.41, 5.74) is 2.23. The van der Waals surface area contributed by atoms with Crippen molar-refractivity contribution in [2.45, 2.75) is 19.9 Å². The zero-order valence-corrected chi connectivity index (χ0v) is 13.0. The molecule has 3 rings (SSSR count). The Bertz CT molecular complexity index is 625. The Balaban J connectivity index is 1.69. The molecule has 4 nitrogen and oxygen atoms in total. The van der Waals surface area contributed by atoms with E-state index >= 15 is 0 Å². The first-order chi connectivity index (χ1) is 10.8. The number of benzene rings is 2. The van der Waals surface area contributed by atoms with Crippen molar-refractivity contribution in [2.75, 3.05) is 25.1 Å². The van der Waals surface area contributed by atoms with Gasteiger partial charge in [-0.1, -0.05) is 12.1 Å². The molecule has 1 heterocycles. The summed E-state index contributed by atoms with van der Waals surface area (Å²) in [7, 11) is 0. The van der Waals surface area contributed by atoms with Gasteiger partial charge in [0.05, 0.1) is 6.61 Å². The molecule has 22 heavy (non-hydrogen) atoms. The Morgan fingerprint density at radius 3 is 2.50 bits per heavy atom. The predicted molar refractivity (Wildman–Crippen MR) is 87.1 cm³/mol. The lowest BCUT2D eigenvalue weighted by molar-refractivity contribution is 0.171. The van der Waals surface area contributed by atoms with Crippen molar-refractivity contribution in [1.29, 1.82) is 0 Å². The molecule has 4 heteroatoms. The SMILES string of the molecule is CCOc1ccc(C(C)Nc2ccc3c(c2)OCCO3)cc1. The summed E-state index contributed by atoms with van der Waals surface area (Å²) >= 11 is 0. The summed E-state index contributed by atoms with van der Waals surface area (Å²) < 4.78 is 16.6. The van der Waals surface area contributed by atoms with Gasteiger partial charge in [0.25, 0.3) is 0 Å². The quantitative estimate of drug-likeness (QED) is 0.905. The zero-order valence-electron chi connectivity index (χ0n) is 13.0. The molecule has 0 radical (unpaired) electrons. The van der Waals surface area contributed by atoms with Gasteiger partial charge < -0.3 is 19.5 Å². The van der Waals surface area contributed by atoms with E-state index in [0.29, 0.717) is 19.8 Å². The molecule has 2 aromatic rings. The topological polar surface area (TPSA) is 39.7 Å². The molecule has 0 spiro atoms. The van der Waals surface area contributed by atoms with Gasteiger partial charge in [-0.25, -0.2) is 0 Å². The molecule has 0 amide bonds. The summed E-state index contributed by atoms with van der Waals surface area (Å²) in [6, 6.07) is 14.3. The number of hydrogen-bond donors (Lipinski definition) is 1. The molecular formula is C18H21NO3. The summed E-state index contributed by atoms with van der Waals surface area (Å²) in [6.07, 6.45) is 0. The Morgan fingerprint density at radius 1 is 1.05 bits per heavy atom. The maximum Gasteiger partial charge on any atom is 0.163 e. The number of rotatable bonds is 5. The van der Waals surface area contributed by atoms with Crippen molar-refractivity contribution in [3.63, 3.8) is 0 Å². The van der Waals surface area contributed by atoms with Gasteiger partial charge in [-0.2, -0.15) is 0 Å². The van der Waals surface area contributed by atoms with Crippen LogP contribution in [0.5, 0.6) is 17.2 Å². The lowest BCUT2D eigenvalue weighted by Gasteiger charge is -2.21. The van der Waals surface area contributed by atoms with Crippen molar-refractivity contribution in [1.82, 2.24) is 0 Å². The van der Waals surface area contributed by atoms with Crippen LogP contribution in [0.25, 0.3) is 0 Å². The zero-order chi connectivity index (χ0) is 15.4. The van der Waals surface area contributed by atoms with E-state index in [0.717, 1.165) is 22.9 Å². The fraction of sp³-hybridized carbons (Fsp3) is 0.333. The van der Waals surface area contributed by atoms with Gasteiger partial charge in [0.15, 0.2) is 11.5 Å². The van der Waals surface area contributed by atoms with Crippen LogP contribution in [-0.4, -0.2) is 19.8 Å². The average Bonchev–Trinajstić information content (AvgIpc) is 2.56. The third kappa shape index (κ3) is 3.27. The van der Waals surface area contributed by atoms with Crippen LogP contribution in [0.3, 0.4) is 0 Å². The van der Waals surface area contributed by atoms with Gasteiger partial charge in [-0.15, -0.1) is 0 Å². The lowest BCUT2D eigenvalue weighted by atomic mass is 10.1. The number of ether oxygens (including phenoxy) is 3. The van der Waals surface area contributed by atoms with Crippen LogP contribution < -0.4 is 19.5 Å². The van der Waals surface area contributed by atoms with E-state index < -0.39 is 0 Å². The normalized spacial score (nSPS) is 14.3. The van der Waals surface area contributed by atoms with Crippen molar-refractivity contribution < 1.29 is 14.2 Å². The lowest BCUT2D eigenvalue weighted by Crippen LogP contribution is -2.15. The summed E-state index contributed by atoms with van der Waals surface area (Å²) in [5.74, 6) is 2.51. The van der Waals surface area contributed by atoms with Crippen molar-refractivity contribution >= 4 is 5.69 Å². The smallest absolute Gasteiger partial charge is 0.163 e. The molecule has 1 aliphatic heterocycles. The van der Waals surface area contributed by atoms with Crippen LogP contribution >= 0.6 is 0 Å². The number of anilines is 1. The van der Waals surface area contributed by atoms with E-state index in [4.69, 9.17) is 14.2 Å². The summed E-state index contributed by atoms with van der Waals surface area (Å²) in [6.45, 7) is 6.02. The molecule has 116 valence electrons. The van der Waals surface area contributed by atoms with E-state index in [9.17, 15) is 0 Å². The second-order valence-electron chi connectivity index (χ2n) is 5.23. The molecule has 1 unspecified atom stereocenters. The second-order valence-corrected chi connectivity index (χ2v) is 5.23. The van der Waals surface area contributed by atoms with Gasteiger partial charge in [0.1, 0.15) is 19.0 Å². The van der Waals surface area contributed by atoms with Crippen LogP contribution in [0.4, 0.5) is 5.69 Å². The number of nitrogens with one attached hydrogen (secondary N) is 1. The van der Waals surface area contributed by atoms with Gasteiger partial charge in [0, 0.05) is 17.8 Å². The average molecular weight is 299 g/mol. The predicted octanol–water partition coefficient (Wildman–Crippen LogP) is 4.03. The third-order valence-corrected chi connectivity index (χ3v) is 3.62. The highest BCUT2D eigenvalue weighted by Gasteiger charge is 2.13. The highest BCUT2D eigenvalue weighted by atomic mass is 16.6. The fourth-order valence-electron chi connectivity index (χ4n) is 2.49. The molecule has 0 saturated carbocycles. The standard InChI is InChI=1S/C18H21NO3/c1-3-20-16-7-4-14(5-8-16)13(2)19-15-6-9-17-18(12-15)22-11-10-21-17/h4-9,12-13,19H,3,10-11H2,1-2H3. The number of hydrogen-bond acceptors (Lipinski definition) is 4. The van der Waals surface area contributed by atoms with Crippen molar-refractivity contribution in [3.05, 3.63) is 48.0 Å². The second kappa shape index (κ2) is 6.60. The highest BCUT2D eigenvalue weighted by molar-refractivity contribution is 5.56. The van der Waals surface area contributed by atoms with Crippen LogP contribution in [0, 0.1) is 0 Å². The molecule has 0 fully saturated rings. The Kier molecular flexibility index (Phi) is 4.37. The monoisotopic (exact) mass is 299 g/mol. The summed E-state index contributed by atoms with van der Waals surface area (Å²) in [5, 5.41) is 3.48. The van der Waals surface area contributed by atoms with Crippen LogP contribution in [0.15, 0.2) is 42.5 Å². The molecule has 2 aromatic carbocycles. The first-order valence-electron chi connectivity index (χ1n) is 7.65. The van der Waals surface area contributed by atoms with E-state index in [1.54, 1.807) is 0 Å². The fourth-order valence-corrected chi connectivity index (χ4v) is 2.49. The Morgan fingerprint density at radius 2 is 1.77 bits per heavy atom. The minimum absolute atomic E-state index is 0.193. The molecule has 0 aliphatic carbocycles. The van der Waals surface area contributed by atoms with Gasteiger partial charge in [-0.05, 0) is 43.7 Å². The Labute approximate surface area is 131 Å². The minimum atomic E-state index is 0.193. The highest BCUT2D eigenvalue weighted by Crippen LogP contribution is 2.33. The van der Waals surface area contributed by atoms with Gasteiger partial charge in [-0.3, -0.25) is 0 Å².